The molecule has 1 aliphatic heterocycles. The van der Waals surface area contributed by atoms with Crippen molar-refractivity contribution in [1.82, 2.24) is 5.32 Å². The summed E-state index contributed by atoms with van der Waals surface area (Å²) in [5.74, 6) is 0.113. The normalized spacial score (nSPS) is 21.4. The molecule has 50 valence electrons. The van der Waals surface area contributed by atoms with Crippen molar-refractivity contribution in [2.75, 3.05) is 6.54 Å². The van der Waals surface area contributed by atoms with Crippen molar-refractivity contribution in [3.8, 4) is 0 Å². The summed E-state index contributed by atoms with van der Waals surface area (Å²) in [5.41, 5.74) is 1.93. The molecule has 2 nitrogen and oxygen atoms in total. The third-order valence-corrected chi connectivity index (χ3v) is 1.70. The largest absolute Gasteiger partial charge is 1.00 e. The summed E-state index contributed by atoms with van der Waals surface area (Å²) in [7, 11) is 0. The Bertz CT molecular complexity index is 276. The average molecular weight is 134 g/mol. The first-order valence-electron chi connectivity index (χ1n) is 3.23. The molecule has 0 radical (unpaired) electrons. The van der Waals surface area contributed by atoms with E-state index >= 15 is 0 Å². The number of allylic oxidation sites excluding steroid dienone is 3. The number of rotatable bonds is 0. The summed E-state index contributed by atoms with van der Waals surface area (Å²) in [4.78, 5) is 11.0. The number of ketones is 1. The lowest BCUT2D eigenvalue weighted by Gasteiger charge is -2.02. The molecular formula is C8H8NO+. The Balaban J connectivity index is 0.000000605. The standard InChI is InChI=1S/C8H7NO/c10-8-3-1-2-6-4-9-5-7(6)8/h1-3,5,9H,4H2/p+1. The van der Waals surface area contributed by atoms with Gasteiger partial charge < -0.3 is 5.32 Å². The van der Waals surface area contributed by atoms with Crippen molar-refractivity contribution >= 4 is 5.78 Å². The van der Waals surface area contributed by atoms with Gasteiger partial charge in [-0.2, -0.15) is 0 Å². The fraction of sp³-hybridized carbons (Fsp3) is 0.125. The van der Waals surface area contributed by atoms with Crippen LogP contribution in [0, 0.1) is 0 Å². The van der Waals surface area contributed by atoms with Crippen LogP contribution in [-0.4, -0.2) is 12.3 Å². The van der Waals surface area contributed by atoms with Crippen LogP contribution in [0.5, 0.6) is 0 Å². The third kappa shape index (κ3) is 0.620. The summed E-state index contributed by atoms with van der Waals surface area (Å²) < 4.78 is 0. The quantitative estimate of drug-likeness (QED) is 0.527. The van der Waals surface area contributed by atoms with Crippen LogP contribution in [0.1, 0.15) is 1.43 Å². The van der Waals surface area contributed by atoms with Crippen molar-refractivity contribution in [3.63, 3.8) is 0 Å². The maximum atomic E-state index is 11.0. The minimum absolute atomic E-state index is 0. The van der Waals surface area contributed by atoms with Gasteiger partial charge in [0.25, 0.3) is 0 Å². The van der Waals surface area contributed by atoms with Crippen molar-refractivity contribution in [2.24, 2.45) is 0 Å². The molecule has 0 saturated carbocycles. The summed E-state index contributed by atoms with van der Waals surface area (Å²) in [6.45, 7) is 0.797. The van der Waals surface area contributed by atoms with Gasteiger partial charge in [0, 0.05) is 18.3 Å². The van der Waals surface area contributed by atoms with Gasteiger partial charge in [-0.1, -0.05) is 12.2 Å². The lowest BCUT2D eigenvalue weighted by molar-refractivity contribution is -0.111. The topological polar surface area (TPSA) is 29.1 Å². The average Bonchev–Trinajstić information content (AvgIpc) is 2.36. The fourth-order valence-electron chi connectivity index (χ4n) is 1.17. The SMILES string of the molecule is O=C1C=CC=C2CNC=C12.[H+]. The molecule has 0 atom stereocenters. The zero-order valence-electron chi connectivity index (χ0n) is 6.42. The smallest absolute Gasteiger partial charge is 0.386 e. The Hall–Kier alpha value is -1.31. The Morgan fingerprint density at radius 1 is 1.60 bits per heavy atom. The number of fused-ring (bicyclic) bond motifs is 1. The second-order valence-electron chi connectivity index (χ2n) is 2.35. The Morgan fingerprint density at radius 2 is 2.50 bits per heavy atom. The van der Waals surface area contributed by atoms with Crippen molar-refractivity contribution in [3.05, 3.63) is 35.6 Å². The van der Waals surface area contributed by atoms with E-state index in [-0.39, 0.29) is 7.21 Å². The molecule has 2 heteroatoms. The molecule has 2 rings (SSSR count). The molecule has 0 aromatic carbocycles. The highest BCUT2D eigenvalue weighted by Gasteiger charge is 2.17. The first kappa shape index (κ1) is 5.47. The van der Waals surface area contributed by atoms with E-state index in [0.29, 0.717) is 0 Å². The van der Waals surface area contributed by atoms with Crippen LogP contribution in [0.2, 0.25) is 0 Å². The zero-order chi connectivity index (χ0) is 6.97. The third-order valence-electron chi connectivity index (χ3n) is 1.70. The highest BCUT2D eigenvalue weighted by atomic mass is 16.1. The van der Waals surface area contributed by atoms with Gasteiger partial charge >= 0.3 is 1.43 Å². The maximum Gasteiger partial charge on any atom is 1.00 e. The van der Waals surface area contributed by atoms with Gasteiger partial charge in [0.15, 0.2) is 5.78 Å². The van der Waals surface area contributed by atoms with Crippen LogP contribution >= 0.6 is 0 Å². The second-order valence-corrected chi connectivity index (χ2v) is 2.35. The molecule has 0 unspecified atom stereocenters. The highest BCUT2D eigenvalue weighted by molar-refractivity contribution is 6.09. The summed E-state index contributed by atoms with van der Waals surface area (Å²) >= 11 is 0. The van der Waals surface area contributed by atoms with Gasteiger partial charge in [0.2, 0.25) is 0 Å². The molecule has 1 heterocycles. The molecular weight excluding hydrogens is 126 g/mol. The van der Waals surface area contributed by atoms with E-state index in [4.69, 9.17) is 0 Å². The monoisotopic (exact) mass is 134 g/mol. The summed E-state index contributed by atoms with van der Waals surface area (Å²) in [6, 6.07) is 0. The minimum Gasteiger partial charge on any atom is -0.386 e. The Kier molecular flexibility index (Phi) is 1.01. The number of nitrogens with one attached hydrogen (secondary N) is 1. The van der Waals surface area contributed by atoms with E-state index in [1.54, 1.807) is 18.4 Å². The lowest BCUT2D eigenvalue weighted by atomic mass is 10.0. The molecule has 0 aromatic rings. The first-order valence-corrected chi connectivity index (χ1v) is 3.23. The van der Waals surface area contributed by atoms with E-state index in [1.165, 1.54) is 0 Å². The molecule has 10 heavy (non-hydrogen) atoms. The van der Waals surface area contributed by atoms with Crippen molar-refractivity contribution in [1.29, 1.82) is 0 Å². The molecule has 1 N–H and O–H groups in total. The number of hydrogen-bond acceptors (Lipinski definition) is 2. The summed E-state index contributed by atoms with van der Waals surface area (Å²) in [5, 5.41) is 3.00. The molecule has 0 spiro atoms. The van der Waals surface area contributed by atoms with Gasteiger partial charge in [-0.3, -0.25) is 4.79 Å². The van der Waals surface area contributed by atoms with E-state index in [1.807, 2.05) is 6.08 Å². The fourth-order valence-corrected chi connectivity index (χ4v) is 1.17. The molecule has 1 aliphatic carbocycles. The number of hydrogen-bond donors (Lipinski definition) is 1. The molecule has 0 amide bonds. The van der Waals surface area contributed by atoms with Crippen LogP contribution in [0.4, 0.5) is 0 Å². The minimum atomic E-state index is 0. The molecule has 2 aliphatic rings. The van der Waals surface area contributed by atoms with E-state index in [2.05, 4.69) is 5.32 Å². The van der Waals surface area contributed by atoms with Gasteiger partial charge in [0.1, 0.15) is 0 Å². The predicted octanol–water partition coefficient (Wildman–Crippen LogP) is 0.651. The van der Waals surface area contributed by atoms with E-state index in [0.717, 1.165) is 17.7 Å². The number of carbonyl (C=O) groups excluding carboxylic acids is 1. The van der Waals surface area contributed by atoms with Gasteiger partial charge in [-0.05, 0) is 11.6 Å². The second kappa shape index (κ2) is 1.84. The first-order chi connectivity index (χ1) is 4.88. The molecule has 0 fully saturated rings. The predicted molar refractivity (Wildman–Crippen MR) is 39.4 cm³/mol. The zero-order valence-corrected chi connectivity index (χ0v) is 5.42. The van der Waals surface area contributed by atoms with Gasteiger partial charge in [-0.15, -0.1) is 0 Å². The molecule has 0 bridgehead atoms. The van der Waals surface area contributed by atoms with E-state index in [9.17, 15) is 4.79 Å². The maximum absolute atomic E-state index is 11.0. The Labute approximate surface area is 60.4 Å². The lowest BCUT2D eigenvalue weighted by Crippen LogP contribution is -2.04. The van der Waals surface area contributed by atoms with Crippen molar-refractivity contribution in [2.45, 2.75) is 0 Å². The van der Waals surface area contributed by atoms with Crippen LogP contribution in [0.3, 0.4) is 0 Å². The van der Waals surface area contributed by atoms with Gasteiger partial charge in [-0.25, -0.2) is 0 Å². The molecule has 0 aromatic heterocycles. The van der Waals surface area contributed by atoms with Crippen LogP contribution in [0.15, 0.2) is 35.6 Å². The van der Waals surface area contributed by atoms with Gasteiger partial charge in [0.05, 0.1) is 0 Å². The van der Waals surface area contributed by atoms with E-state index < -0.39 is 0 Å². The van der Waals surface area contributed by atoms with Crippen LogP contribution in [-0.2, 0) is 4.79 Å². The molecule has 0 saturated heterocycles. The summed E-state index contributed by atoms with van der Waals surface area (Å²) in [6.07, 6.45) is 7.12. The highest BCUT2D eigenvalue weighted by Crippen LogP contribution is 2.18. The van der Waals surface area contributed by atoms with Crippen molar-refractivity contribution < 1.29 is 6.22 Å². The Morgan fingerprint density at radius 3 is 3.30 bits per heavy atom. The number of carbonyl (C=O) groups is 1. The van der Waals surface area contributed by atoms with Crippen LogP contribution in [0.25, 0.3) is 0 Å². The van der Waals surface area contributed by atoms with Crippen LogP contribution < -0.4 is 5.32 Å².